The maximum Gasteiger partial charge on any atom is 0.230 e. The van der Waals surface area contributed by atoms with Crippen LogP contribution in [0.1, 0.15) is 37.3 Å². The van der Waals surface area contributed by atoms with Crippen molar-refractivity contribution in [3.63, 3.8) is 0 Å². The lowest BCUT2D eigenvalue weighted by Crippen LogP contribution is -2.47. The van der Waals surface area contributed by atoms with Gasteiger partial charge in [0.15, 0.2) is 0 Å². The number of carbonyl (C=O) groups is 1. The van der Waals surface area contributed by atoms with Crippen LogP contribution in [0.4, 0.5) is 5.69 Å². The summed E-state index contributed by atoms with van der Waals surface area (Å²) in [4.78, 5) is 19.7. The molecule has 1 aliphatic carbocycles. The number of hydrogen-bond acceptors (Lipinski definition) is 3. The molecule has 4 heteroatoms. The van der Waals surface area contributed by atoms with Crippen LogP contribution < -0.4 is 4.90 Å². The van der Waals surface area contributed by atoms with Crippen LogP contribution in [0.5, 0.6) is 0 Å². The number of carbonyl (C=O) groups excluding carboxylic acids is 1. The Morgan fingerprint density at radius 2 is 1.96 bits per heavy atom. The van der Waals surface area contributed by atoms with E-state index in [-0.39, 0.29) is 11.8 Å². The van der Waals surface area contributed by atoms with Gasteiger partial charge in [0.25, 0.3) is 0 Å². The summed E-state index contributed by atoms with van der Waals surface area (Å²) >= 11 is 0. The minimum atomic E-state index is -0.0253. The van der Waals surface area contributed by atoms with Crippen LogP contribution in [0.3, 0.4) is 0 Å². The largest absolute Gasteiger partial charge is 0.374 e. The first kappa shape index (κ1) is 16.6. The zero-order valence-corrected chi connectivity index (χ0v) is 15.8. The topological polar surface area (TPSA) is 26.8 Å². The molecule has 0 fully saturated rings. The molecule has 2 aliphatic heterocycles. The van der Waals surface area contributed by atoms with Gasteiger partial charge >= 0.3 is 0 Å². The fraction of sp³-hybridized carbons (Fsp3) is 0.571. The number of fused-ring (bicyclic) bond motifs is 2. The second kappa shape index (κ2) is 6.17. The minimum Gasteiger partial charge on any atom is -0.374 e. The van der Waals surface area contributed by atoms with E-state index in [2.05, 4.69) is 62.0 Å². The van der Waals surface area contributed by atoms with Crippen LogP contribution in [0.15, 0.2) is 24.3 Å². The summed E-state index contributed by atoms with van der Waals surface area (Å²) in [6, 6.07) is 7.12. The number of nitrogens with zero attached hydrogens (tertiary/aromatic N) is 3. The Kier molecular flexibility index (Phi) is 4.11. The van der Waals surface area contributed by atoms with Crippen LogP contribution in [-0.4, -0.2) is 62.0 Å². The molecule has 1 unspecified atom stereocenters. The smallest absolute Gasteiger partial charge is 0.230 e. The first-order chi connectivity index (χ1) is 12.0. The summed E-state index contributed by atoms with van der Waals surface area (Å²) in [6.07, 6.45) is 3.46. The van der Waals surface area contributed by atoms with Crippen LogP contribution >= 0.6 is 0 Å². The van der Waals surface area contributed by atoms with Crippen molar-refractivity contribution in [3.05, 3.63) is 35.4 Å². The predicted molar refractivity (Wildman–Crippen MR) is 103 cm³/mol. The normalized spacial score (nSPS) is 27.6. The molecule has 0 saturated heterocycles. The van der Waals surface area contributed by atoms with Crippen molar-refractivity contribution in [2.45, 2.75) is 32.2 Å². The van der Waals surface area contributed by atoms with E-state index in [0.717, 1.165) is 26.2 Å². The maximum atomic E-state index is 12.9. The van der Waals surface area contributed by atoms with Crippen molar-refractivity contribution in [2.24, 2.45) is 5.92 Å². The van der Waals surface area contributed by atoms with Gasteiger partial charge in [-0.05, 0) is 50.1 Å². The Morgan fingerprint density at radius 1 is 1.20 bits per heavy atom. The third-order valence-electron chi connectivity index (χ3n) is 6.36. The van der Waals surface area contributed by atoms with E-state index >= 15 is 0 Å². The van der Waals surface area contributed by atoms with E-state index in [1.54, 1.807) is 0 Å². The van der Waals surface area contributed by atoms with Crippen molar-refractivity contribution >= 4 is 17.2 Å². The molecule has 25 heavy (non-hydrogen) atoms. The lowest BCUT2D eigenvalue weighted by molar-refractivity contribution is -0.134. The Bertz CT molecular complexity index is 722. The Balaban J connectivity index is 1.76. The fourth-order valence-electron chi connectivity index (χ4n) is 5.10. The Hall–Kier alpha value is -1.81. The zero-order chi connectivity index (χ0) is 17.7. The molecular formula is C21H29N3O. The first-order valence-corrected chi connectivity index (χ1v) is 9.60. The van der Waals surface area contributed by atoms with Crippen molar-refractivity contribution in [2.75, 3.05) is 45.2 Å². The van der Waals surface area contributed by atoms with E-state index in [4.69, 9.17) is 0 Å². The summed E-state index contributed by atoms with van der Waals surface area (Å²) in [6.45, 7) is 7.66. The van der Waals surface area contributed by atoms with Crippen molar-refractivity contribution in [1.82, 2.24) is 9.80 Å². The SMILES string of the molecule is CCN(CC)C(=O)[C@@H]1C=C2c3cccc4c3C(C[C@H]2N(C)C1)CN4C. The van der Waals surface area contributed by atoms with Gasteiger partial charge in [-0.1, -0.05) is 18.2 Å². The average molecular weight is 339 g/mol. The van der Waals surface area contributed by atoms with Gasteiger partial charge in [-0.15, -0.1) is 0 Å². The molecule has 4 rings (SSSR count). The summed E-state index contributed by atoms with van der Waals surface area (Å²) < 4.78 is 0. The van der Waals surface area contributed by atoms with Gasteiger partial charge in [0, 0.05) is 50.9 Å². The Labute approximate surface area is 151 Å². The van der Waals surface area contributed by atoms with E-state index in [0.29, 0.717) is 12.0 Å². The lowest BCUT2D eigenvalue weighted by atomic mass is 9.74. The van der Waals surface area contributed by atoms with Crippen LogP contribution in [0, 0.1) is 5.92 Å². The molecule has 2 heterocycles. The molecule has 3 atom stereocenters. The quantitative estimate of drug-likeness (QED) is 0.847. The average Bonchev–Trinajstić information content (AvgIpc) is 2.94. The lowest BCUT2D eigenvalue weighted by Gasteiger charge is -2.42. The number of amides is 1. The molecule has 3 aliphatic rings. The van der Waals surface area contributed by atoms with E-state index in [1.807, 2.05) is 4.90 Å². The van der Waals surface area contributed by atoms with Crippen molar-refractivity contribution in [1.29, 1.82) is 0 Å². The summed E-state index contributed by atoms with van der Waals surface area (Å²) in [5.41, 5.74) is 5.65. The minimum absolute atomic E-state index is 0.0253. The monoisotopic (exact) mass is 339 g/mol. The van der Waals surface area contributed by atoms with Gasteiger partial charge < -0.3 is 9.80 Å². The predicted octanol–water partition coefficient (Wildman–Crippen LogP) is 2.81. The number of hydrogen-bond donors (Lipinski definition) is 0. The molecule has 0 N–H and O–H groups in total. The number of benzene rings is 1. The van der Waals surface area contributed by atoms with Crippen LogP contribution in [0.2, 0.25) is 0 Å². The highest BCUT2D eigenvalue weighted by atomic mass is 16.2. The third kappa shape index (κ3) is 2.50. The van der Waals surface area contributed by atoms with E-state index < -0.39 is 0 Å². The van der Waals surface area contributed by atoms with Crippen molar-refractivity contribution in [3.8, 4) is 0 Å². The molecule has 0 aromatic heterocycles. The molecule has 0 bridgehead atoms. The maximum absolute atomic E-state index is 12.9. The third-order valence-corrected chi connectivity index (χ3v) is 6.36. The van der Waals surface area contributed by atoms with E-state index in [9.17, 15) is 4.79 Å². The van der Waals surface area contributed by atoms with Gasteiger partial charge in [-0.25, -0.2) is 0 Å². The number of rotatable bonds is 3. The molecule has 1 aromatic carbocycles. The van der Waals surface area contributed by atoms with Gasteiger partial charge in [-0.3, -0.25) is 9.69 Å². The molecular weight excluding hydrogens is 310 g/mol. The number of anilines is 1. The standard InChI is InChI=1S/C21H29N3O/c1-5-24(6-2)21(25)15-10-17-16-8-7-9-18-20(16)14(12-22(18)3)11-19(17)23(4)13-15/h7-10,14-15,19H,5-6,11-13H2,1-4H3/t14?,15-,19-/m1/s1. The fourth-order valence-corrected chi connectivity index (χ4v) is 5.10. The van der Waals surface area contributed by atoms with Crippen molar-refractivity contribution < 1.29 is 4.79 Å². The van der Waals surface area contributed by atoms with Crippen LogP contribution in [-0.2, 0) is 4.79 Å². The van der Waals surface area contributed by atoms with Gasteiger partial charge in [0.05, 0.1) is 5.92 Å². The second-order valence-corrected chi connectivity index (χ2v) is 7.75. The summed E-state index contributed by atoms with van der Waals surface area (Å²) in [5, 5.41) is 0. The Morgan fingerprint density at radius 3 is 2.68 bits per heavy atom. The van der Waals surface area contributed by atoms with Gasteiger partial charge in [-0.2, -0.15) is 0 Å². The van der Waals surface area contributed by atoms with Gasteiger partial charge in [0.1, 0.15) is 0 Å². The highest BCUT2D eigenvalue weighted by molar-refractivity contribution is 5.87. The van der Waals surface area contributed by atoms with Crippen LogP contribution in [0.25, 0.3) is 5.57 Å². The highest BCUT2D eigenvalue weighted by Crippen LogP contribution is 2.50. The molecule has 0 saturated carbocycles. The summed E-state index contributed by atoms with van der Waals surface area (Å²) in [7, 11) is 4.38. The molecule has 0 spiro atoms. The molecule has 1 aromatic rings. The molecule has 1 amide bonds. The first-order valence-electron chi connectivity index (χ1n) is 9.60. The zero-order valence-electron chi connectivity index (χ0n) is 15.8. The molecule has 0 radical (unpaired) electrons. The van der Waals surface area contributed by atoms with Gasteiger partial charge in [0.2, 0.25) is 5.91 Å². The number of likely N-dealkylation sites (N-methyl/N-ethyl adjacent to an activating group) is 2. The second-order valence-electron chi connectivity index (χ2n) is 7.75. The molecule has 134 valence electrons. The molecule has 4 nitrogen and oxygen atoms in total. The highest BCUT2D eigenvalue weighted by Gasteiger charge is 2.42. The summed E-state index contributed by atoms with van der Waals surface area (Å²) in [5.74, 6) is 0.869. The van der Waals surface area contributed by atoms with E-state index in [1.165, 1.54) is 28.8 Å².